The molecule has 2 aliphatic rings. The first-order valence-electron chi connectivity index (χ1n) is 12.9. The Hall–Kier alpha value is -3.42. The van der Waals surface area contributed by atoms with E-state index in [1.165, 1.54) is 11.8 Å². The number of amides is 3. The summed E-state index contributed by atoms with van der Waals surface area (Å²) >= 11 is 1.48. The minimum atomic E-state index is -2.66. The maximum Gasteiger partial charge on any atom is 0.250 e. The van der Waals surface area contributed by atoms with Gasteiger partial charge in [0.1, 0.15) is 17.7 Å². The molecule has 13 heteroatoms. The second-order valence-electron chi connectivity index (χ2n) is 9.48. The van der Waals surface area contributed by atoms with Crippen molar-refractivity contribution in [2.24, 2.45) is 5.92 Å². The second-order valence-corrected chi connectivity index (χ2v) is 10.9. The molecule has 2 fully saturated rings. The van der Waals surface area contributed by atoms with Crippen molar-refractivity contribution >= 4 is 40.9 Å². The summed E-state index contributed by atoms with van der Waals surface area (Å²) in [5.74, 6) is -4.34. The Labute approximate surface area is 231 Å². The third-order valence-corrected chi connectivity index (χ3v) is 8.18. The van der Waals surface area contributed by atoms with Crippen LogP contribution in [0, 0.1) is 28.6 Å². The van der Waals surface area contributed by atoms with E-state index in [-0.39, 0.29) is 67.9 Å². The molecule has 0 aliphatic carbocycles. The van der Waals surface area contributed by atoms with Crippen LogP contribution in [0.3, 0.4) is 0 Å². The summed E-state index contributed by atoms with van der Waals surface area (Å²) < 4.78 is 26.7. The molecule has 39 heavy (non-hydrogen) atoms. The molecule has 3 amide bonds. The predicted octanol–water partition coefficient (Wildman–Crippen LogP) is 2.62. The lowest BCUT2D eigenvalue weighted by atomic mass is 10.0. The number of hydrogen-bond acceptors (Lipinski definition) is 8. The standard InChI is InChI=1S/C26H33F2N7O3S/c1-2-35-23(7-6-18(15-30)24(37)31-11-10-29)39-21(25(35)38)16-32-19-4-3-5-20(14-19)33-22(36)17-34-12-8-26(27,28)9-13-34/h3-5,14,18,21,23,32H,2,6-9,11-13,16-17H2,1H3,(H,31,37)(H,33,36). The molecule has 210 valence electrons. The van der Waals surface area contributed by atoms with E-state index in [9.17, 15) is 28.4 Å². The highest BCUT2D eigenvalue weighted by molar-refractivity contribution is 8.01. The number of thioether (sulfide) groups is 1. The van der Waals surface area contributed by atoms with Gasteiger partial charge in [-0.3, -0.25) is 19.3 Å². The van der Waals surface area contributed by atoms with Gasteiger partial charge in [0.05, 0.1) is 24.1 Å². The molecule has 0 aromatic heterocycles. The summed E-state index contributed by atoms with van der Waals surface area (Å²) in [7, 11) is 0. The largest absolute Gasteiger partial charge is 0.383 e. The van der Waals surface area contributed by atoms with Gasteiger partial charge in [-0.2, -0.15) is 10.5 Å². The van der Waals surface area contributed by atoms with Gasteiger partial charge in [-0.1, -0.05) is 6.07 Å². The first-order chi connectivity index (χ1) is 18.7. The predicted molar refractivity (Wildman–Crippen MR) is 144 cm³/mol. The van der Waals surface area contributed by atoms with E-state index in [2.05, 4.69) is 16.0 Å². The lowest BCUT2D eigenvalue weighted by Crippen LogP contribution is -2.42. The fourth-order valence-corrected chi connectivity index (χ4v) is 6.02. The zero-order chi connectivity index (χ0) is 28.4. The van der Waals surface area contributed by atoms with E-state index < -0.39 is 17.7 Å². The molecule has 0 saturated carbocycles. The Morgan fingerprint density at radius 2 is 1.95 bits per heavy atom. The van der Waals surface area contributed by atoms with Crippen molar-refractivity contribution in [3.63, 3.8) is 0 Å². The number of benzene rings is 1. The zero-order valence-electron chi connectivity index (χ0n) is 21.8. The number of rotatable bonds is 12. The Bertz CT molecular complexity index is 1110. The van der Waals surface area contributed by atoms with Gasteiger partial charge in [0.15, 0.2) is 0 Å². The summed E-state index contributed by atoms with van der Waals surface area (Å²) in [5.41, 5.74) is 1.27. The number of piperidine rings is 1. The number of anilines is 2. The van der Waals surface area contributed by atoms with Crippen LogP contribution in [-0.2, 0) is 14.4 Å². The smallest absolute Gasteiger partial charge is 0.250 e. The van der Waals surface area contributed by atoms with Crippen LogP contribution in [-0.4, -0.2) is 83.3 Å². The molecule has 3 unspecified atom stereocenters. The molecule has 1 aromatic carbocycles. The molecule has 3 N–H and O–H groups in total. The van der Waals surface area contributed by atoms with Crippen LogP contribution in [0.15, 0.2) is 24.3 Å². The van der Waals surface area contributed by atoms with Crippen molar-refractivity contribution in [3.8, 4) is 12.1 Å². The number of likely N-dealkylation sites (tertiary alicyclic amines) is 1. The normalized spacial score (nSPS) is 21.5. The number of carbonyl (C=O) groups excluding carboxylic acids is 3. The average molecular weight is 562 g/mol. The van der Waals surface area contributed by atoms with Gasteiger partial charge < -0.3 is 20.9 Å². The van der Waals surface area contributed by atoms with Crippen LogP contribution in [0.25, 0.3) is 0 Å². The highest BCUT2D eigenvalue weighted by Gasteiger charge is 2.39. The second kappa shape index (κ2) is 14.1. The first-order valence-corrected chi connectivity index (χ1v) is 13.8. The molecule has 3 atom stereocenters. The van der Waals surface area contributed by atoms with E-state index in [4.69, 9.17) is 5.26 Å². The molecule has 1 aromatic rings. The fraction of sp³-hybridized carbons (Fsp3) is 0.577. The molecule has 2 aliphatic heterocycles. The average Bonchev–Trinajstić information content (AvgIpc) is 3.21. The number of carbonyl (C=O) groups is 3. The van der Waals surface area contributed by atoms with Crippen LogP contribution in [0.5, 0.6) is 0 Å². The van der Waals surface area contributed by atoms with Crippen LogP contribution in [0.4, 0.5) is 20.2 Å². The molecule has 10 nitrogen and oxygen atoms in total. The number of nitrogens with zero attached hydrogens (tertiary/aromatic N) is 4. The molecule has 0 radical (unpaired) electrons. The van der Waals surface area contributed by atoms with Crippen LogP contribution in [0.2, 0.25) is 0 Å². The molecule has 2 heterocycles. The van der Waals surface area contributed by atoms with Crippen molar-refractivity contribution in [1.29, 1.82) is 10.5 Å². The van der Waals surface area contributed by atoms with Crippen molar-refractivity contribution in [3.05, 3.63) is 24.3 Å². The number of nitrogens with one attached hydrogen (secondary N) is 3. The Balaban J connectivity index is 1.49. The van der Waals surface area contributed by atoms with E-state index in [1.807, 2.05) is 25.1 Å². The Morgan fingerprint density at radius 3 is 2.62 bits per heavy atom. The van der Waals surface area contributed by atoms with Gasteiger partial charge >= 0.3 is 0 Å². The minimum Gasteiger partial charge on any atom is -0.383 e. The van der Waals surface area contributed by atoms with Crippen LogP contribution in [0.1, 0.15) is 32.6 Å². The van der Waals surface area contributed by atoms with Crippen molar-refractivity contribution in [2.45, 2.75) is 49.2 Å². The summed E-state index contributed by atoms with van der Waals surface area (Å²) in [4.78, 5) is 40.9. The van der Waals surface area contributed by atoms with Gasteiger partial charge in [0.2, 0.25) is 17.7 Å². The molecule has 0 bridgehead atoms. The monoisotopic (exact) mass is 561 g/mol. The maximum atomic E-state index is 13.3. The maximum absolute atomic E-state index is 13.3. The van der Waals surface area contributed by atoms with Gasteiger partial charge in [-0.05, 0) is 38.0 Å². The third kappa shape index (κ3) is 8.80. The van der Waals surface area contributed by atoms with Crippen LogP contribution >= 0.6 is 11.8 Å². The number of nitriles is 2. The van der Waals surface area contributed by atoms with E-state index in [0.29, 0.717) is 30.9 Å². The third-order valence-electron chi connectivity index (χ3n) is 6.68. The number of alkyl halides is 2. The van der Waals surface area contributed by atoms with Crippen molar-refractivity contribution in [1.82, 2.24) is 15.1 Å². The molecular weight excluding hydrogens is 528 g/mol. The molecule has 2 saturated heterocycles. The summed E-state index contributed by atoms with van der Waals surface area (Å²) in [6, 6.07) is 10.9. The zero-order valence-corrected chi connectivity index (χ0v) is 22.6. The fourth-order valence-electron chi connectivity index (χ4n) is 4.54. The van der Waals surface area contributed by atoms with E-state index in [0.717, 1.165) is 0 Å². The Morgan fingerprint density at radius 1 is 1.23 bits per heavy atom. The molecular formula is C26H33F2N7O3S. The van der Waals surface area contributed by atoms with Gasteiger partial charge in [0.25, 0.3) is 5.92 Å². The van der Waals surface area contributed by atoms with Crippen molar-refractivity contribution < 1.29 is 23.2 Å². The molecule has 3 rings (SSSR count). The Kier molecular flexibility index (Phi) is 10.9. The van der Waals surface area contributed by atoms with E-state index >= 15 is 0 Å². The van der Waals surface area contributed by atoms with E-state index in [1.54, 1.807) is 28.0 Å². The lowest BCUT2D eigenvalue weighted by molar-refractivity contribution is -0.129. The summed E-state index contributed by atoms with van der Waals surface area (Å²) in [6.07, 6.45) is 0.251. The minimum absolute atomic E-state index is 0.0287. The number of hydrogen-bond donors (Lipinski definition) is 3. The molecule has 0 spiro atoms. The highest BCUT2D eigenvalue weighted by atomic mass is 32.2. The SMILES string of the molecule is CCN1C(=O)C(CNc2cccc(NC(=O)CN3CCC(F)(F)CC3)c2)SC1CCC(C#N)C(=O)NCC#N. The van der Waals surface area contributed by atoms with Crippen LogP contribution < -0.4 is 16.0 Å². The summed E-state index contributed by atoms with van der Waals surface area (Å²) in [6.45, 7) is 2.97. The topological polar surface area (TPSA) is 141 Å². The van der Waals surface area contributed by atoms with Crippen molar-refractivity contribution in [2.75, 3.05) is 49.9 Å². The van der Waals surface area contributed by atoms with Gasteiger partial charge in [-0.25, -0.2) is 8.78 Å². The quantitative estimate of drug-likeness (QED) is 0.331. The van der Waals surface area contributed by atoms with Gasteiger partial charge in [-0.15, -0.1) is 11.8 Å². The first kappa shape index (κ1) is 30.1. The van der Waals surface area contributed by atoms with Gasteiger partial charge in [0, 0.05) is 50.4 Å². The lowest BCUT2D eigenvalue weighted by Gasteiger charge is -2.31. The summed E-state index contributed by atoms with van der Waals surface area (Å²) in [5, 5.41) is 25.9. The number of halogens is 2. The highest BCUT2D eigenvalue weighted by Crippen LogP contribution is 2.35.